The van der Waals surface area contributed by atoms with E-state index in [9.17, 15) is 13.2 Å². The smallest absolute Gasteiger partial charge is 0.255 e. The maximum atomic E-state index is 13.3. The number of amides is 1. The van der Waals surface area contributed by atoms with Gasteiger partial charge >= 0.3 is 0 Å². The summed E-state index contributed by atoms with van der Waals surface area (Å²) < 4.78 is 26.3. The first-order valence-corrected chi connectivity index (χ1v) is 14.2. The van der Waals surface area contributed by atoms with Crippen LogP contribution in [0.3, 0.4) is 0 Å². The zero-order valence-corrected chi connectivity index (χ0v) is 23.6. The normalized spacial score (nSPS) is 14.4. The molecule has 0 bridgehead atoms. The molecule has 2 aromatic heterocycles. The number of fused-ring (bicyclic) bond motifs is 1. The predicted molar refractivity (Wildman–Crippen MR) is 151 cm³/mol. The summed E-state index contributed by atoms with van der Waals surface area (Å²) in [6.07, 6.45) is 4.25. The number of sulfone groups is 1. The molecule has 38 heavy (non-hydrogen) atoms. The van der Waals surface area contributed by atoms with Crippen molar-refractivity contribution in [3.05, 3.63) is 65.3 Å². The molecular formula is C26H28Cl2N6O3S. The molecule has 1 saturated heterocycles. The summed E-state index contributed by atoms with van der Waals surface area (Å²) in [5.74, 6) is 0.479. The van der Waals surface area contributed by atoms with Crippen LogP contribution < -0.4 is 4.90 Å². The van der Waals surface area contributed by atoms with Gasteiger partial charge in [-0.2, -0.15) is 5.10 Å². The fraction of sp³-hybridized carbons (Fsp3) is 0.308. The lowest BCUT2D eigenvalue weighted by Gasteiger charge is -2.37. The van der Waals surface area contributed by atoms with Gasteiger partial charge in [-0.05, 0) is 37.1 Å². The largest absolute Gasteiger partial charge is 0.354 e. The van der Waals surface area contributed by atoms with Crippen molar-refractivity contribution in [2.24, 2.45) is 7.05 Å². The number of piperidine rings is 1. The van der Waals surface area contributed by atoms with E-state index in [1.54, 1.807) is 28.9 Å². The maximum Gasteiger partial charge on any atom is 0.255 e. The molecule has 4 aromatic rings. The zero-order chi connectivity index (χ0) is 26.3. The van der Waals surface area contributed by atoms with Crippen LogP contribution in [0.2, 0.25) is 5.02 Å². The topological polar surface area (TPSA) is 101 Å². The van der Waals surface area contributed by atoms with Crippen molar-refractivity contribution in [1.29, 1.82) is 0 Å². The molecular weight excluding hydrogens is 547 g/mol. The van der Waals surface area contributed by atoms with Gasteiger partial charge in [0.1, 0.15) is 5.69 Å². The Kier molecular flexibility index (Phi) is 7.96. The Balaban J connectivity index is 0.00000336. The summed E-state index contributed by atoms with van der Waals surface area (Å²) in [7, 11) is -0.0107. The van der Waals surface area contributed by atoms with E-state index in [-0.39, 0.29) is 39.8 Å². The molecule has 1 aliphatic heterocycles. The number of carbonyl (C=O) groups is 1. The molecule has 1 amide bonds. The van der Waals surface area contributed by atoms with Gasteiger partial charge in [0.2, 0.25) is 0 Å². The van der Waals surface area contributed by atoms with Crippen LogP contribution >= 0.6 is 24.0 Å². The summed E-state index contributed by atoms with van der Waals surface area (Å²) >= 11 is 6.01. The summed E-state index contributed by atoms with van der Waals surface area (Å²) in [6.45, 7) is 1.37. The number of aromatic nitrogens is 4. The predicted octanol–water partition coefficient (Wildman–Crippen LogP) is 4.25. The second-order valence-corrected chi connectivity index (χ2v) is 11.7. The van der Waals surface area contributed by atoms with Gasteiger partial charge in [0, 0.05) is 61.5 Å². The van der Waals surface area contributed by atoms with Crippen molar-refractivity contribution in [3.8, 4) is 11.4 Å². The zero-order valence-electron chi connectivity index (χ0n) is 21.2. The molecule has 0 unspecified atom stereocenters. The van der Waals surface area contributed by atoms with Gasteiger partial charge in [-0.25, -0.2) is 8.42 Å². The van der Waals surface area contributed by atoms with Crippen molar-refractivity contribution in [2.75, 3.05) is 31.3 Å². The third-order valence-electron chi connectivity index (χ3n) is 6.94. The Bertz CT molecular complexity index is 1600. The number of nitrogens with zero attached hydrogens (tertiary/aromatic N) is 6. The lowest BCUT2D eigenvalue weighted by molar-refractivity contribution is 0.0705. The van der Waals surface area contributed by atoms with Crippen LogP contribution in [0.5, 0.6) is 0 Å². The molecule has 200 valence electrons. The number of hydrogen-bond acceptors (Lipinski definition) is 7. The first kappa shape index (κ1) is 27.8. The van der Waals surface area contributed by atoms with E-state index < -0.39 is 9.84 Å². The molecule has 1 fully saturated rings. The van der Waals surface area contributed by atoms with Gasteiger partial charge in [0.05, 0.1) is 16.2 Å². The lowest BCUT2D eigenvalue weighted by Crippen LogP contribution is -2.46. The lowest BCUT2D eigenvalue weighted by atomic mass is 10.0. The molecule has 1 aliphatic rings. The third kappa shape index (κ3) is 5.21. The van der Waals surface area contributed by atoms with Crippen LogP contribution in [-0.2, 0) is 16.9 Å². The van der Waals surface area contributed by atoms with E-state index in [4.69, 9.17) is 11.6 Å². The minimum Gasteiger partial charge on any atom is -0.354 e. The average molecular weight is 576 g/mol. The minimum absolute atomic E-state index is 0. The monoisotopic (exact) mass is 574 g/mol. The number of hydrogen-bond donors (Lipinski definition) is 0. The number of anilines is 1. The van der Waals surface area contributed by atoms with E-state index in [1.807, 2.05) is 37.4 Å². The Hall–Kier alpha value is -3.21. The molecule has 3 heterocycles. The van der Waals surface area contributed by atoms with Crippen LogP contribution in [0.15, 0.2) is 59.6 Å². The number of halogens is 2. The van der Waals surface area contributed by atoms with Crippen molar-refractivity contribution in [3.63, 3.8) is 0 Å². The standard InChI is InChI=1S/C26H27ClN6O3S.ClH/c1-31(26(34)21-9-8-17(27)16-23(21)37(3,35)36)18-11-14-33(15-12-18)25-20-7-5-4-6-19(20)24(29-30-25)22-10-13-28-32(22)2;/h4-10,13,16,18H,11-12,14-15H2,1-3H3;1H. The number of carbonyl (C=O) groups excluding carboxylic acids is 1. The highest BCUT2D eigenvalue weighted by Gasteiger charge is 2.30. The fourth-order valence-electron chi connectivity index (χ4n) is 4.92. The van der Waals surface area contributed by atoms with E-state index in [1.165, 1.54) is 12.1 Å². The van der Waals surface area contributed by atoms with Gasteiger partial charge < -0.3 is 9.80 Å². The average Bonchev–Trinajstić information content (AvgIpc) is 3.32. The Morgan fingerprint density at radius 1 is 1.05 bits per heavy atom. The highest BCUT2D eigenvalue weighted by Crippen LogP contribution is 2.33. The number of aryl methyl sites for hydroxylation is 1. The van der Waals surface area contributed by atoms with Crippen molar-refractivity contribution in [1.82, 2.24) is 24.9 Å². The highest BCUT2D eigenvalue weighted by molar-refractivity contribution is 7.90. The summed E-state index contributed by atoms with van der Waals surface area (Å²) in [6, 6.07) is 14.3. The van der Waals surface area contributed by atoms with E-state index in [0.29, 0.717) is 25.9 Å². The van der Waals surface area contributed by atoms with Gasteiger partial charge in [0.15, 0.2) is 15.7 Å². The van der Waals surface area contributed by atoms with Gasteiger partial charge in [-0.3, -0.25) is 9.48 Å². The summed E-state index contributed by atoms with van der Waals surface area (Å²) in [5.41, 5.74) is 1.81. The van der Waals surface area contributed by atoms with E-state index >= 15 is 0 Å². The summed E-state index contributed by atoms with van der Waals surface area (Å²) in [5, 5.41) is 15.7. The molecule has 0 saturated carbocycles. The molecule has 9 nitrogen and oxygen atoms in total. The Morgan fingerprint density at radius 2 is 1.74 bits per heavy atom. The second-order valence-electron chi connectivity index (χ2n) is 9.30. The van der Waals surface area contributed by atoms with Crippen LogP contribution in [0, 0.1) is 0 Å². The summed E-state index contributed by atoms with van der Waals surface area (Å²) in [4.78, 5) is 17.1. The minimum atomic E-state index is -3.61. The molecule has 2 aromatic carbocycles. The molecule has 12 heteroatoms. The van der Waals surface area contributed by atoms with E-state index in [2.05, 4.69) is 20.2 Å². The first-order valence-electron chi connectivity index (χ1n) is 11.9. The van der Waals surface area contributed by atoms with Gasteiger partial charge in [-0.1, -0.05) is 35.9 Å². The molecule has 0 spiro atoms. The van der Waals surface area contributed by atoms with Crippen molar-refractivity contribution < 1.29 is 13.2 Å². The first-order chi connectivity index (χ1) is 17.6. The van der Waals surface area contributed by atoms with Crippen LogP contribution in [0.25, 0.3) is 22.2 Å². The second kappa shape index (κ2) is 10.9. The molecule has 0 atom stereocenters. The Morgan fingerprint density at radius 3 is 2.37 bits per heavy atom. The third-order valence-corrected chi connectivity index (χ3v) is 8.31. The number of rotatable bonds is 5. The van der Waals surface area contributed by atoms with Gasteiger partial charge in [-0.15, -0.1) is 22.6 Å². The molecule has 0 N–H and O–H groups in total. The fourth-order valence-corrected chi connectivity index (χ4v) is 6.05. The molecule has 0 radical (unpaired) electrons. The highest BCUT2D eigenvalue weighted by atomic mass is 35.5. The Labute approximate surface area is 232 Å². The molecule has 5 rings (SSSR count). The van der Waals surface area contributed by atoms with Crippen molar-refractivity contribution >= 4 is 56.3 Å². The maximum absolute atomic E-state index is 13.3. The van der Waals surface area contributed by atoms with Crippen LogP contribution in [0.1, 0.15) is 23.2 Å². The van der Waals surface area contributed by atoms with Gasteiger partial charge in [0.25, 0.3) is 5.91 Å². The SMILES string of the molecule is CN(C(=O)c1ccc(Cl)cc1S(C)(=O)=O)C1CCN(c2nnc(-c3ccnn3C)c3ccccc23)CC1.Cl. The van der Waals surface area contributed by atoms with E-state index in [0.717, 1.165) is 34.2 Å². The van der Waals surface area contributed by atoms with Crippen molar-refractivity contribution in [2.45, 2.75) is 23.8 Å². The molecule has 0 aliphatic carbocycles. The van der Waals surface area contributed by atoms with Crippen LogP contribution in [-0.4, -0.2) is 71.6 Å². The number of benzene rings is 2. The quantitative estimate of drug-likeness (QED) is 0.351. The van der Waals surface area contributed by atoms with Crippen LogP contribution in [0.4, 0.5) is 5.82 Å².